The molecule has 0 amide bonds. The Balaban J connectivity index is 1.86. The van der Waals surface area contributed by atoms with Crippen LogP contribution >= 0.6 is 11.6 Å². The zero-order chi connectivity index (χ0) is 22.8. The molecule has 0 unspecified atom stereocenters. The van der Waals surface area contributed by atoms with Gasteiger partial charge in [0.25, 0.3) is 0 Å². The molecule has 0 heterocycles. The molecule has 0 radical (unpaired) electrons. The minimum atomic E-state index is -4.56. The quantitative estimate of drug-likeness (QED) is 0.470. The van der Waals surface area contributed by atoms with E-state index in [-0.39, 0.29) is 26.3 Å². The van der Waals surface area contributed by atoms with Gasteiger partial charge >= 0.3 is 6.18 Å². The summed E-state index contributed by atoms with van der Waals surface area (Å²) in [6, 6.07) is 11.7. The summed E-state index contributed by atoms with van der Waals surface area (Å²) in [5, 5.41) is 9.97. The van der Waals surface area contributed by atoms with Gasteiger partial charge in [0, 0.05) is 6.07 Å². The number of phenols is 1. The van der Waals surface area contributed by atoms with Crippen molar-refractivity contribution >= 4 is 21.4 Å². The Kier molecular flexibility index (Phi) is 6.38. The molecule has 1 N–H and O–H groups in total. The number of alkyl halides is 3. The van der Waals surface area contributed by atoms with Crippen molar-refractivity contribution in [1.82, 2.24) is 0 Å². The minimum Gasteiger partial charge on any atom is -0.506 e. The molecule has 31 heavy (non-hydrogen) atoms. The van der Waals surface area contributed by atoms with Crippen molar-refractivity contribution in [2.75, 3.05) is 6.61 Å². The van der Waals surface area contributed by atoms with Gasteiger partial charge in [-0.1, -0.05) is 11.6 Å². The van der Waals surface area contributed by atoms with Gasteiger partial charge in [-0.25, -0.2) is 8.42 Å². The summed E-state index contributed by atoms with van der Waals surface area (Å²) in [4.78, 5) is -0.409. The SMILES string of the molecule is CCOc1ccc(S(=O)(=O)c2ccc(Oc3ccc(C(F)(F)F)cc3Cl)cc2O)cc1. The molecule has 3 rings (SSSR count). The number of benzene rings is 3. The molecular weight excluding hydrogens is 457 g/mol. The smallest absolute Gasteiger partial charge is 0.416 e. The summed E-state index contributed by atoms with van der Waals surface area (Å²) >= 11 is 5.85. The Morgan fingerprint density at radius 1 is 0.968 bits per heavy atom. The van der Waals surface area contributed by atoms with Crippen LogP contribution in [0, 0.1) is 0 Å². The molecule has 0 aliphatic heterocycles. The van der Waals surface area contributed by atoms with Crippen molar-refractivity contribution in [2.45, 2.75) is 22.9 Å². The van der Waals surface area contributed by atoms with Crippen molar-refractivity contribution in [3.8, 4) is 23.0 Å². The molecule has 164 valence electrons. The lowest BCUT2D eigenvalue weighted by atomic mass is 10.2. The lowest BCUT2D eigenvalue weighted by Gasteiger charge is -2.13. The van der Waals surface area contributed by atoms with Crippen LogP contribution in [0.15, 0.2) is 70.5 Å². The van der Waals surface area contributed by atoms with Gasteiger partial charge in [-0.2, -0.15) is 13.2 Å². The van der Waals surface area contributed by atoms with E-state index in [0.29, 0.717) is 18.4 Å². The van der Waals surface area contributed by atoms with Crippen LogP contribution in [0.25, 0.3) is 0 Å². The van der Waals surface area contributed by atoms with Crippen LogP contribution in [-0.2, 0) is 16.0 Å². The molecule has 0 aliphatic carbocycles. The van der Waals surface area contributed by atoms with E-state index in [1.54, 1.807) is 6.92 Å². The van der Waals surface area contributed by atoms with Gasteiger partial charge in [-0.3, -0.25) is 0 Å². The minimum absolute atomic E-state index is 0.00944. The highest BCUT2D eigenvalue weighted by Gasteiger charge is 2.31. The standard InChI is InChI=1S/C21H16ClF3O5S/c1-2-29-14-4-7-16(8-5-14)31(27,28)20-10-6-15(12-18(20)26)30-19-9-3-13(11-17(19)22)21(23,24)25/h3-12,26H,2H2,1H3. The summed E-state index contributed by atoms with van der Waals surface area (Å²) in [5.74, 6) is -0.182. The number of hydrogen-bond acceptors (Lipinski definition) is 5. The fourth-order valence-electron chi connectivity index (χ4n) is 2.68. The van der Waals surface area contributed by atoms with Crippen LogP contribution in [0.4, 0.5) is 13.2 Å². The molecule has 5 nitrogen and oxygen atoms in total. The van der Waals surface area contributed by atoms with Gasteiger partial charge in [0.1, 0.15) is 27.9 Å². The first-order valence-corrected chi connectivity index (χ1v) is 10.7. The normalized spacial score (nSPS) is 11.9. The number of halogens is 4. The van der Waals surface area contributed by atoms with E-state index in [1.165, 1.54) is 30.3 Å². The Bertz CT molecular complexity index is 1190. The van der Waals surface area contributed by atoms with Crippen LogP contribution in [0.5, 0.6) is 23.0 Å². The second-order valence-electron chi connectivity index (χ2n) is 6.28. The van der Waals surface area contributed by atoms with Crippen molar-refractivity contribution in [3.05, 3.63) is 71.2 Å². The van der Waals surface area contributed by atoms with Gasteiger partial charge in [0.05, 0.1) is 22.1 Å². The molecule has 0 fully saturated rings. The Hall–Kier alpha value is -2.91. The molecule has 0 saturated carbocycles. The molecule has 0 spiro atoms. The number of ether oxygens (including phenoxy) is 2. The third kappa shape index (κ3) is 5.05. The van der Waals surface area contributed by atoms with Crippen LogP contribution in [0.2, 0.25) is 5.02 Å². The zero-order valence-electron chi connectivity index (χ0n) is 16.0. The van der Waals surface area contributed by atoms with Crippen LogP contribution in [-0.4, -0.2) is 20.1 Å². The zero-order valence-corrected chi connectivity index (χ0v) is 17.6. The predicted molar refractivity (Wildman–Crippen MR) is 108 cm³/mol. The number of sulfone groups is 1. The number of rotatable bonds is 6. The van der Waals surface area contributed by atoms with Crippen LogP contribution in [0.1, 0.15) is 12.5 Å². The highest BCUT2D eigenvalue weighted by molar-refractivity contribution is 7.91. The summed E-state index contributed by atoms with van der Waals surface area (Å²) in [5.41, 5.74) is -0.940. The first kappa shape index (κ1) is 22.8. The van der Waals surface area contributed by atoms with Crippen LogP contribution < -0.4 is 9.47 Å². The highest BCUT2D eigenvalue weighted by Crippen LogP contribution is 2.38. The lowest BCUT2D eigenvalue weighted by molar-refractivity contribution is -0.137. The first-order valence-electron chi connectivity index (χ1n) is 8.88. The maximum atomic E-state index is 12.8. The average molecular weight is 473 g/mol. The van der Waals surface area contributed by atoms with Crippen molar-refractivity contribution in [1.29, 1.82) is 0 Å². The third-order valence-corrected chi connectivity index (χ3v) is 6.26. The van der Waals surface area contributed by atoms with E-state index in [9.17, 15) is 26.7 Å². The van der Waals surface area contributed by atoms with Crippen molar-refractivity contribution < 1.29 is 36.2 Å². The van der Waals surface area contributed by atoms with E-state index in [1.807, 2.05) is 0 Å². The first-order chi connectivity index (χ1) is 14.5. The molecule has 0 bridgehead atoms. The van der Waals surface area contributed by atoms with E-state index >= 15 is 0 Å². The molecular formula is C21H16ClF3O5S. The van der Waals surface area contributed by atoms with Gasteiger partial charge in [-0.15, -0.1) is 0 Å². The van der Waals surface area contributed by atoms with Gasteiger partial charge < -0.3 is 14.6 Å². The maximum Gasteiger partial charge on any atom is 0.416 e. The molecule has 0 aromatic heterocycles. The fourth-order valence-corrected chi connectivity index (χ4v) is 4.23. The second-order valence-corrected chi connectivity index (χ2v) is 8.61. The monoisotopic (exact) mass is 472 g/mol. The van der Waals surface area contributed by atoms with E-state index in [4.69, 9.17) is 21.1 Å². The van der Waals surface area contributed by atoms with E-state index < -0.39 is 27.3 Å². The Morgan fingerprint density at radius 2 is 1.61 bits per heavy atom. The number of hydrogen-bond donors (Lipinski definition) is 1. The van der Waals surface area contributed by atoms with E-state index in [0.717, 1.165) is 24.3 Å². The van der Waals surface area contributed by atoms with Crippen LogP contribution in [0.3, 0.4) is 0 Å². The number of phenolic OH excluding ortho intramolecular Hbond substituents is 1. The lowest BCUT2D eigenvalue weighted by Crippen LogP contribution is -2.04. The Morgan fingerprint density at radius 3 is 2.16 bits per heavy atom. The van der Waals surface area contributed by atoms with Gasteiger partial charge in [0.2, 0.25) is 9.84 Å². The maximum absolute atomic E-state index is 12.8. The van der Waals surface area contributed by atoms with Gasteiger partial charge in [0.15, 0.2) is 0 Å². The molecule has 0 aliphatic rings. The summed E-state index contributed by atoms with van der Waals surface area (Å²) in [6.07, 6.45) is -4.56. The molecule has 3 aromatic rings. The summed E-state index contributed by atoms with van der Waals surface area (Å²) in [7, 11) is -4.03. The third-order valence-electron chi connectivity index (χ3n) is 4.15. The Labute approximate surface area is 181 Å². The highest BCUT2D eigenvalue weighted by atomic mass is 35.5. The van der Waals surface area contributed by atoms with Crippen molar-refractivity contribution in [2.24, 2.45) is 0 Å². The van der Waals surface area contributed by atoms with Crippen molar-refractivity contribution in [3.63, 3.8) is 0 Å². The fraction of sp³-hybridized carbons (Fsp3) is 0.143. The molecule has 3 aromatic carbocycles. The predicted octanol–water partition coefficient (Wildman–Crippen LogP) is 6.09. The second kappa shape index (κ2) is 8.68. The van der Waals surface area contributed by atoms with E-state index in [2.05, 4.69) is 0 Å². The topological polar surface area (TPSA) is 72.8 Å². The summed E-state index contributed by atoms with van der Waals surface area (Å²) in [6.45, 7) is 2.22. The van der Waals surface area contributed by atoms with Gasteiger partial charge in [-0.05, 0) is 61.5 Å². The summed E-state index contributed by atoms with van der Waals surface area (Å²) < 4.78 is 74.5. The number of aromatic hydroxyl groups is 1. The molecule has 0 atom stereocenters. The average Bonchev–Trinajstić information content (AvgIpc) is 2.69. The largest absolute Gasteiger partial charge is 0.506 e. The molecule has 10 heteroatoms. The molecule has 0 saturated heterocycles.